The van der Waals surface area contributed by atoms with Gasteiger partial charge in [-0.1, -0.05) is 13.8 Å². The van der Waals surface area contributed by atoms with Crippen LogP contribution < -0.4 is 11.1 Å². The molecule has 3 unspecified atom stereocenters. The van der Waals surface area contributed by atoms with E-state index in [1.165, 1.54) is 17.7 Å². The Morgan fingerprint density at radius 1 is 1.47 bits per heavy atom. The molecule has 2 nitrogen and oxygen atoms in total. The Hall–Kier alpha value is -0.540. The summed E-state index contributed by atoms with van der Waals surface area (Å²) in [6, 6.07) is 2.67. The van der Waals surface area contributed by atoms with Crippen LogP contribution in [0.3, 0.4) is 0 Å². The highest BCUT2D eigenvalue weighted by Crippen LogP contribution is 2.31. The normalized spacial score (nSPS) is 30.9. The van der Waals surface area contributed by atoms with Crippen molar-refractivity contribution in [1.82, 2.24) is 5.32 Å². The van der Waals surface area contributed by atoms with Gasteiger partial charge >= 0.3 is 0 Å². The summed E-state index contributed by atoms with van der Waals surface area (Å²) in [6.45, 7) is 5.64. The van der Waals surface area contributed by atoms with Crippen molar-refractivity contribution in [2.75, 3.05) is 5.73 Å². The fourth-order valence-electron chi connectivity index (χ4n) is 2.37. The van der Waals surface area contributed by atoms with Crippen molar-refractivity contribution in [2.24, 2.45) is 11.8 Å². The van der Waals surface area contributed by atoms with Crippen molar-refractivity contribution < 1.29 is 0 Å². The van der Waals surface area contributed by atoms with E-state index >= 15 is 0 Å². The van der Waals surface area contributed by atoms with Gasteiger partial charge in [0.05, 0.1) is 0 Å². The minimum atomic E-state index is 0.682. The predicted molar refractivity (Wildman–Crippen MR) is 66.9 cm³/mol. The lowest BCUT2D eigenvalue weighted by Crippen LogP contribution is -2.31. The van der Waals surface area contributed by atoms with Crippen LogP contribution in [0.15, 0.2) is 11.4 Å². The molecule has 1 fully saturated rings. The van der Waals surface area contributed by atoms with Gasteiger partial charge in [-0.3, -0.25) is 0 Å². The Labute approximate surface area is 95.9 Å². The molecule has 0 radical (unpaired) electrons. The van der Waals surface area contributed by atoms with Crippen molar-refractivity contribution in [2.45, 2.75) is 39.3 Å². The lowest BCUT2D eigenvalue weighted by Gasteiger charge is -2.19. The second-order valence-electron chi connectivity index (χ2n) is 4.70. The van der Waals surface area contributed by atoms with Crippen LogP contribution in [-0.4, -0.2) is 6.04 Å². The molecule has 1 aliphatic carbocycles. The Morgan fingerprint density at radius 2 is 2.27 bits per heavy atom. The van der Waals surface area contributed by atoms with E-state index < -0.39 is 0 Å². The van der Waals surface area contributed by atoms with Crippen molar-refractivity contribution in [3.63, 3.8) is 0 Å². The molecule has 3 N–H and O–H groups in total. The third kappa shape index (κ3) is 2.34. The number of nitrogens with two attached hydrogens (primary N) is 1. The number of anilines is 1. The van der Waals surface area contributed by atoms with Gasteiger partial charge in [-0.2, -0.15) is 0 Å². The Bertz CT molecular complexity index is 321. The highest BCUT2D eigenvalue weighted by Gasteiger charge is 2.29. The van der Waals surface area contributed by atoms with Crippen LogP contribution in [0.25, 0.3) is 0 Å². The van der Waals surface area contributed by atoms with Gasteiger partial charge < -0.3 is 11.1 Å². The average molecular weight is 224 g/mol. The Kier molecular flexibility index (Phi) is 3.32. The predicted octanol–water partition coefficient (Wildman–Crippen LogP) is 2.85. The molecule has 0 saturated heterocycles. The smallest absolute Gasteiger partial charge is 0.0468 e. The first-order valence-corrected chi connectivity index (χ1v) is 6.61. The molecule has 0 aromatic carbocycles. The van der Waals surface area contributed by atoms with Crippen LogP contribution in [0.1, 0.15) is 31.6 Å². The summed E-state index contributed by atoms with van der Waals surface area (Å²) in [7, 11) is 0. The molecular weight excluding hydrogens is 204 g/mol. The van der Waals surface area contributed by atoms with Crippen molar-refractivity contribution >= 4 is 17.0 Å². The van der Waals surface area contributed by atoms with E-state index in [4.69, 9.17) is 5.73 Å². The van der Waals surface area contributed by atoms with Gasteiger partial charge in [-0.25, -0.2) is 0 Å². The lowest BCUT2D eigenvalue weighted by atomic mass is 9.98. The molecule has 1 aromatic heterocycles. The van der Waals surface area contributed by atoms with Gasteiger partial charge in [-0.05, 0) is 36.1 Å². The molecule has 2 rings (SSSR count). The first kappa shape index (κ1) is 11.0. The second kappa shape index (κ2) is 4.54. The maximum absolute atomic E-state index is 5.86. The first-order chi connectivity index (χ1) is 7.18. The zero-order valence-electron chi connectivity index (χ0n) is 9.49. The van der Waals surface area contributed by atoms with Gasteiger partial charge in [0.15, 0.2) is 0 Å². The molecule has 1 aliphatic rings. The van der Waals surface area contributed by atoms with Crippen LogP contribution in [0.5, 0.6) is 0 Å². The van der Waals surface area contributed by atoms with Crippen LogP contribution >= 0.6 is 11.3 Å². The standard InChI is InChI=1S/C12H20N2S/c1-8-3-4-11(9(8)2)14-7-12-10(13)5-6-15-12/h5-6,8-9,11,14H,3-4,7,13H2,1-2H3. The Balaban J connectivity index is 1.86. The summed E-state index contributed by atoms with van der Waals surface area (Å²) in [5, 5.41) is 5.70. The Morgan fingerprint density at radius 3 is 2.80 bits per heavy atom. The van der Waals surface area contributed by atoms with Crippen molar-refractivity contribution in [1.29, 1.82) is 0 Å². The van der Waals surface area contributed by atoms with Gasteiger partial charge in [0, 0.05) is 23.2 Å². The number of nitrogens with one attached hydrogen (secondary N) is 1. The summed E-state index contributed by atoms with van der Waals surface area (Å²) in [5.41, 5.74) is 6.79. The molecule has 1 heterocycles. The molecule has 0 amide bonds. The van der Waals surface area contributed by atoms with Crippen LogP contribution in [0, 0.1) is 11.8 Å². The number of nitrogen functional groups attached to an aromatic ring is 1. The maximum atomic E-state index is 5.86. The average Bonchev–Trinajstić information content (AvgIpc) is 2.74. The summed E-state index contributed by atoms with van der Waals surface area (Å²) < 4.78 is 0. The lowest BCUT2D eigenvalue weighted by molar-refractivity contribution is 0.371. The van der Waals surface area contributed by atoms with Crippen molar-refractivity contribution in [3.8, 4) is 0 Å². The van der Waals surface area contributed by atoms with E-state index in [0.29, 0.717) is 6.04 Å². The molecule has 3 heteroatoms. The third-order valence-corrected chi connectivity index (χ3v) is 4.71. The van der Waals surface area contributed by atoms with Crippen LogP contribution in [-0.2, 0) is 6.54 Å². The summed E-state index contributed by atoms with van der Waals surface area (Å²) >= 11 is 1.75. The molecule has 0 spiro atoms. The first-order valence-electron chi connectivity index (χ1n) is 5.73. The molecule has 0 bridgehead atoms. The summed E-state index contributed by atoms with van der Waals surface area (Å²) in [5.74, 6) is 1.66. The fourth-order valence-corrected chi connectivity index (χ4v) is 3.12. The zero-order chi connectivity index (χ0) is 10.8. The molecule has 84 valence electrons. The van der Waals surface area contributed by atoms with Crippen LogP contribution in [0.2, 0.25) is 0 Å². The SMILES string of the molecule is CC1CCC(NCc2sccc2N)C1C. The van der Waals surface area contributed by atoms with E-state index in [2.05, 4.69) is 24.5 Å². The van der Waals surface area contributed by atoms with Gasteiger partial charge in [0.1, 0.15) is 0 Å². The molecule has 15 heavy (non-hydrogen) atoms. The number of hydrogen-bond donors (Lipinski definition) is 2. The molecule has 1 saturated carbocycles. The highest BCUT2D eigenvalue weighted by atomic mass is 32.1. The summed E-state index contributed by atoms with van der Waals surface area (Å²) in [6.07, 6.45) is 2.67. The molecular formula is C12H20N2S. The number of rotatable bonds is 3. The van der Waals surface area contributed by atoms with Crippen molar-refractivity contribution in [3.05, 3.63) is 16.3 Å². The largest absolute Gasteiger partial charge is 0.398 e. The fraction of sp³-hybridized carbons (Fsp3) is 0.667. The summed E-state index contributed by atoms with van der Waals surface area (Å²) in [4.78, 5) is 1.28. The molecule has 1 aromatic rings. The minimum absolute atomic E-state index is 0.682. The number of thiophene rings is 1. The highest BCUT2D eigenvalue weighted by molar-refractivity contribution is 7.10. The second-order valence-corrected chi connectivity index (χ2v) is 5.70. The van der Waals surface area contributed by atoms with Crippen LogP contribution in [0.4, 0.5) is 5.69 Å². The van der Waals surface area contributed by atoms with Gasteiger partial charge in [0.25, 0.3) is 0 Å². The van der Waals surface area contributed by atoms with E-state index in [1.807, 2.05) is 6.07 Å². The van der Waals surface area contributed by atoms with E-state index in [0.717, 1.165) is 24.1 Å². The van der Waals surface area contributed by atoms with E-state index in [-0.39, 0.29) is 0 Å². The maximum Gasteiger partial charge on any atom is 0.0468 e. The molecule has 3 atom stereocenters. The quantitative estimate of drug-likeness (QED) is 0.828. The topological polar surface area (TPSA) is 38.0 Å². The monoisotopic (exact) mass is 224 g/mol. The third-order valence-electron chi connectivity index (χ3n) is 3.77. The van der Waals surface area contributed by atoms with Gasteiger partial charge in [0.2, 0.25) is 0 Å². The zero-order valence-corrected chi connectivity index (χ0v) is 10.3. The minimum Gasteiger partial charge on any atom is -0.398 e. The molecule has 0 aliphatic heterocycles. The van der Waals surface area contributed by atoms with E-state index in [1.54, 1.807) is 11.3 Å². The van der Waals surface area contributed by atoms with E-state index in [9.17, 15) is 0 Å². The van der Waals surface area contributed by atoms with Gasteiger partial charge in [-0.15, -0.1) is 11.3 Å². The number of hydrogen-bond acceptors (Lipinski definition) is 3.